The highest BCUT2D eigenvalue weighted by atomic mass is 32.2. The Morgan fingerprint density at radius 2 is 1.70 bits per heavy atom. The van der Waals surface area contributed by atoms with Crippen LogP contribution in [0, 0.1) is 0 Å². The Labute approximate surface area is 130 Å². The summed E-state index contributed by atoms with van der Waals surface area (Å²) in [7, 11) is 4.49. The van der Waals surface area contributed by atoms with E-state index in [4.69, 9.17) is 0 Å². The Morgan fingerprint density at radius 3 is 2.35 bits per heavy atom. The minimum atomic E-state index is -0.722. The van der Waals surface area contributed by atoms with Gasteiger partial charge in [0.05, 0.1) is 0 Å². The summed E-state index contributed by atoms with van der Waals surface area (Å²) in [6.45, 7) is 0. The number of fused-ring (bicyclic) bond motifs is 1. The van der Waals surface area contributed by atoms with Crippen LogP contribution in [0.3, 0.4) is 0 Å². The first-order valence-corrected chi connectivity index (χ1v) is 7.12. The summed E-state index contributed by atoms with van der Waals surface area (Å²) in [6, 6.07) is 0. The first-order valence-electron chi connectivity index (χ1n) is 6.30. The molecule has 0 atom stereocenters. The summed E-state index contributed by atoms with van der Waals surface area (Å²) in [4.78, 5) is 53.1. The molecule has 0 spiro atoms. The molecule has 0 aromatic carbocycles. The van der Waals surface area contributed by atoms with E-state index in [1.165, 1.54) is 23.2 Å². The van der Waals surface area contributed by atoms with E-state index in [2.05, 4.69) is 15.2 Å². The molecule has 3 heterocycles. The Kier molecular flexibility index (Phi) is 3.32. The van der Waals surface area contributed by atoms with E-state index in [9.17, 15) is 19.2 Å². The molecule has 0 aliphatic carbocycles. The smallest absolute Gasteiger partial charge is 0.308 e. The van der Waals surface area contributed by atoms with Crippen LogP contribution >= 0.6 is 11.8 Å². The van der Waals surface area contributed by atoms with Gasteiger partial charge in [-0.1, -0.05) is 0 Å². The van der Waals surface area contributed by atoms with Crippen molar-refractivity contribution in [1.82, 2.24) is 33.9 Å². The first-order chi connectivity index (χ1) is 10.8. The largest absolute Gasteiger partial charge is 0.342 e. The lowest BCUT2D eigenvalue weighted by Gasteiger charge is -2.05. The molecule has 0 saturated carbocycles. The van der Waals surface area contributed by atoms with Crippen molar-refractivity contribution in [2.24, 2.45) is 21.1 Å². The number of H-pyrrole nitrogens is 2. The third kappa shape index (κ3) is 2.23. The lowest BCUT2D eigenvalue weighted by Crippen LogP contribution is -2.37. The van der Waals surface area contributed by atoms with E-state index in [1.807, 2.05) is 4.98 Å². The number of nitrogens with one attached hydrogen (secondary N) is 2. The summed E-state index contributed by atoms with van der Waals surface area (Å²) in [6.07, 6.45) is 0. The monoisotopic (exact) mass is 337 g/mol. The third-order valence-electron chi connectivity index (χ3n) is 3.29. The van der Waals surface area contributed by atoms with Gasteiger partial charge in [-0.15, -0.1) is 0 Å². The Morgan fingerprint density at radius 1 is 1.00 bits per heavy atom. The van der Waals surface area contributed by atoms with Gasteiger partial charge in [-0.05, 0) is 11.8 Å². The Hall–Kier alpha value is -2.89. The molecular formula is C11H11N7O4S. The highest BCUT2D eigenvalue weighted by Crippen LogP contribution is 2.23. The van der Waals surface area contributed by atoms with E-state index in [0.29, 0.717) is 5.65 Å². The van der Waals surface area contributed by atoms with Crippen molar-refractivity contribution in [2.75, 3.05) is 0 Å². The Balaban J connectivity index is 2.26. The van der Waals surface area contributed by atoms with E-state index in [0.717, 1.165) is 16.3 Å². The number of imidazole rings is 1. The molecular weight excluding hydrogens is 326 g/mol. The number of hydrogen-bond donors (Lipinski definition) is 2. The second kappa shape index (κ2) is 5.08. The van der Waals surface area contributed by atoms with Gasteiger partial charge in [0.1, 0.15) is 0 Å². The molecule has 0 unspecified atom stereocenters. The summed E-state index contributed by atoms with van der Waals surface area (Å²) < 4.78 is 3.75. The lowest BCUT2D eigenvalue weighted by molar-refractivity contribution is 0.690. The third-order valence-corrected chi connectivity index (χ3v) is 4.31. The molecule has 3 rings (SSSR count). The van der Waals surface area contributed by atoms with E-state index in [-0.39, 0.29) is 15.7 Å². The summed E-state index contributed by atoms with van der Waals surface area (Å²) >= 11 is 0.868. The minimum Gasteiger partial charge on any atom is -0.308 e. The molecule has 0 bridgehead atoms. The van der Waals surface area contributed by atoms with Crippen LogP contribution in [0.2, 0.25) is 0 Å². The van der Waals surface area contributed by atoms with Crippen molar-refractivity contribution in [2.45, 2.75) is 10.2 Å². The number of hydrogen-bond acceptors (Lipinski definition) is 7. The molecule has 3 aromatic rings. The van der Waals surface area contributed by atoms with Gasteiger partial charge in [-0.25, -0.2) is 19.7 Å². The average molecular weight is 337 g/mol. The van der Waals surface area contributed by atoms with Gasteiger partial charge in [0.15, 0.2) is 21.3 Å². The Bertz CT molecular complexity index is 1160. The van der Waals surface area contributed by atoms with Crippen molar-refractivity contribution in [3.05, 3.63) is 41.7 Å². The molecule has 11 nitrogen and oxygen atoms in total. The number of nitrogens with zero attached hydrogens (tertiary/aromatic N) is 5. The SMILES string of the molecule is Cn1c(=O)c2nc(Sc3n[nH]c(=O)[nH]c3=O)n(C)c2n(C)c1=O. The van der Waals surface area contributed by atoms with Gasteiger partial charge in [0.2, 0.25) is 0 Å². The standard InChI is InChI=1S/C11H11N7O4S/c1-16-7-4(8(20)18(3)11(22)17(7)2)12-10(16)23-6-5(19)13-9(21)15-14-6/h1-3H3,(H2,13,15,19,21). The maximum absolute atomic E-state index is 12.2. The molecule has 0 amide bonds. The predicted octanol–water partition coefficient (Wildman–Crippen LogP) is -2.11. The van der Waals surface area contributed by atoms with Crippen molar-refractivity contribution < 1.29 is 0 Å². The van der Waals surface area contributed by atoms with Crippen molar-refractivity contribution in [3.63, 3.8) is 0 Å². The normalized spacial score (nSPS) is 11.3. The maximum Gasteiger partial charge on any atom is 0.342 e. The number of aromatic nitrogens is 7. The molecule has 0 fully saturated rings. The molecule has 0 aliphatic rings. The fraction of sp³-hybridized carbons (Fsp3) is 0.273. The van der Waals surface area contributed by atoms with Gasteiger partial charge in [0.25, 0.3) is 11.1 Å². The zero-order valence-corrected chi connectivity index (χ0v) is 13.1. The van der Waals surface area contributed by atoms with Crippen molar-refractivity contribution >= 4 is 22.9 Å². The van der Waals surface area contributed by atoms with Crippen LogP contribution in [0.15, 0.2) is 29.4 Å². The van der Waals surface area contributed by atoms with Crippen LogP contribution in [0.1, 0.15) is 0 Å². The second-order valence-corrected chi connectivity index (χ2v) is 5.70. The lowest BCUT2D eigenvalue weighted by atomic mass is 10.5. The van der Waals surface area contributed by atoms with Crippen LogP contribution in [-0.4, -0.2) is 33.9 Å². The van der Waals surface area contributed by atoms with E-state index >= 15 is 0 Å². The molecule has 0 radical (unpaired) electrons. The number of aryl methyl sites for hydroxylation is 2. The molecule has 3 aromatic heterocycles. The summed E-state index contributed by atoms with van der Waals surface area (Å²) in [5.74, 6) is 0. The van der Waals surface area contributed by atoms with Gasteiger partial charge in [-0.2, -0.15) is 5.10 Å². The number of rotatable bonds is 2. The van der Waals surface area contributed by atoms with Crippen LogP contribution in [-0.2, 0) is 21.1 Å². The molecule has 23 heavy (non-hydrogen) atoms. The van der Waals surface area contributed by atoms with Crippen LogP contribution in [0.5, 0.6) is 0 Å². The maximum atomic E-state index is 12.2. The first kappa shape index (κ1) is 15.0. The molecule has 12 heteroatoms. The second-order valence-electron chi connectivity index (χ2n) is 4.75. The van der Waals surface area contributed by atoms with E-state index in [1.54, 1.807) is 7.05 Å². The zero-order valence-electron chi connectivity index (χ0n) is 12.3. The summed E-state index contributed by atoms with van der Waals surface area (Å²) in [5, 5.41) is 6.00. The predicted molar refractivity (Wildman–Crippen MR) is 80.8 cm³/mol. The highest BCUT2D eigenvalue weighted by Gasteiger charge is 2.18. The summed E-state index contributed by atoms with van der Waals surface area (Å²) in [5.41, 5.74) is -1.99. The fourth-order valence-corrected chi connectivity index (χ4v) is 2.91. The van der Waals surface area contributed by atoms with Gasteiger partial charge < -0.3 is 4.57 Å². The van der Waals surface area contributed by atoms with Crippen molar-refractivity contribution in [1.29, 1.82) is 0 Å². The molecule has 0 aliphatic heterocycles. The fourth-order valence-electron chi connectivity index (χ4n) is 2.14. The van der Waals surface area contributed by atoms with Gasteiger partial charge in [-0.3, -0.25) is 23.7 Å². The minimum absolute atomic E-state index is 0.0372. The van der Waals surface area contributed by atoms with Crippen LogP contribution < -0.4 is 22.5 Å². The zero-order chi connectivity index (χ0) is 16.9. The highest BCUT2D eigenvalue weighted by molar-refractivity contribution is 7.99. The quantitative estimate of drug-likeness (QED) is 0.545. The van der Waals surface area contributed by atoms with Gasteiger partial charge in [0, 0.05) is 21.1 Å². The van der Waals surface area contributed by atoms with E-state index < -0.39 is 22.5 Å². The molecule has 0 saturated heterocycles. The number of aromatic amines is 2. The van der Waals surface area contributed by atoms with Crippen molar-refractivity contribution in [3.8, 4) is 0 Å². The molecule has 2 N–H and O–H groups in total. The van der Waals surface area contributed by atoms with Crippen LogP contribution in [0.25, 0.3) is 11.2 Å². The van der Waals surface area contributed by atoms with Crippen LogP contribution in [0.4, 0.5) is 0 Å². The topological polar surface area (TPSA) is 140 Å². The molecule has 120 valence electrons. The van der Waals surface area contributed by atoms with Gasteiger partial charge >= 0.3 is 11.4 Å². The average Bonchev–Trinajstić information content (AvgIpc) is 2.83.